The van der Waals surface area contributed by atoms with Gasteiger partial charge in [0.25, 0.3) is 0 Å². The predicted molar refractivity (Wildman–Crippen MR) is 83.6 cm³/mol. The van der Waals surface area contributed by atoms with Crippen LogP contribution in [0.3, 0.4) is 0 Å². The van der Waals surface area contributed by atoms with Gasteiger partial charge in [0.05, 0.1) is 12.7 Å². The Hall–Kier alpha value is -2.48. The number of amides is 2. The van der Waals surface area contributed by atoms with Crippen molar-refractivity contribution in [3.63, 3.8) is 0 Å². The van der Waals surface area contributed by atoms with Crippen molar-refractivity contribution < 1.29 is 18.4 Å². The molecular formula is C16H19FN4O3. The first-order valence-electron chi connectivity index (χ1n) is 7.79. The average molecular weight is 334 g/mol. The molecule has 0 saturated carbocycles. The summed E-state index contributed by atoms with van der Waals surface area (Å²) >= 11 is 0. The molecule has 8 heteroatoms. The highest BCUT2D eigenvalue weighted by Crippen LogP contribution is 2.19. The molecule has 2 heterocycles. The molecule has 24 heavy (non-hydrogen) atoms. The van der Waals surface area contributed by atoms with Crippen molar-refractivity contribution >= 4 is 6.03 Å². The Morgan fingerprint density at radius 3 is 3.08 bits per heavy atom. The van der Waals surface area contributed by atoms with Gasteiger partial charge in [-0.15, -0.1) is 0 Å². The lowest BCUT2D eigenvalue weighted by Gasteiger charge is -2.31. The lowest BCUT2D eigenvalue weighted by molar-refractivity contribution is -0.00392. The Morgan fingerprint density at radius 2 is 2.33 bits per heavy atom. The summed E-state index contributed by atoms with van der Waals surface area (Å²) in [5, 5.41) is 6.67. The van der Waals surface area contributed by atoms with Gasteiger partial charge in [-0.2, -0.15) is 4.98 Å². The summed E-state index contributed by atoms with van der Waals surface area (Å²) in [7, 11) is 0. The molecule has 1 N–H and O–H groups in total. The predicted octanol–water partition coefficient (Wildman–Crippen LogP) is 2.37. The van der Waals surface area contributed by atoms with Crippen molar-refractivity contribution in [1.82, 2.24) is 20.4 Å². The standard InChI is InChI=1S/C16H19FN4O3/c1-10-9-21(6-7-23-10)16(22)18-11(2)15-19-14(20-24-15)12-4-3-5-13(17)8-12/h3-5,8,10-11H,6-7,9H2,1-2H3,(H,18,22). The largest absolute Gasteiger partial charge is 0.375 e. The van der Waals surface area contributed by atoms with Gasteiger partial charge in [0.2, 0.25) is 11.7 Å². The Labute approximate surface area is 138 Å². The molecule has 2 aromatic rings. The second-order valence-corrected chi connectivity index (χ2v) is 5.77. The molecule has 1 aliphatic rings. The summed E-state index contributed by atoms with van der Waals surface area (Å²) in [5.41, 5.74) is 0.519. The van der Waals surface area contributed by atoms with Crippen LogP contribution in [-0.4, -0.2) is 46.9 Å². The maximum absolute atomic E-state index is 13.3. The molecule has 0 bridgehead atoms. The third-order valence-corrected chi connectivity index (χ3v) is 3.76. The number of nitrogens with one attached hydrogen (secondary N) is 1. The Kier molecular flexibility index (Phi) is 4.75. The van der Waals surface area contributed by atoms with E-state index in [0.29, 0.717) is 25.3 Å². The topological polar surface area (TPSA) is 80.5 Å². The normalized spacial score (nSPS) is 19.1. The van der Waals surface area contributed by atoms with Gasteiger partial charge in [-0.3, -0.25) is 0 Å². The van der Waals surface area contributed by atoms with Crippen LogP contribution in [0.4, 0.5) is 9.18 Å². The number of hydrogen-bond acceptors (Lipinski definition) is 5. The molecule has 7 nitrogen and oxygen atoms in total. The molecule has 0 aliphatic carbocycles. The molecular weight excluding hydrogens is 315 g/mol. The van der Waals surface area contributed by atoms with Crippen LogP contribution in [0.1, 0.15) is 25.8 Å². The number of carbonyl (C=O) groups is 1. The van der Waals surface area contributed by atoms with E-state index in [-0.39, 0.29) is 29.7 Å². The number of hydrogen-bond donors (Lipinski definition) is 1. The van der Waals surface area contributed by atoms with Crippen LogP contribution in [0, 0.1) is 5.82 Å². The minimum absolute atomic E-state index is 0.0165. The van der Waals surface area contributed by atoms with Gasteiger partial charge in [-0.25, -0.2) is 9.18 Å². The van der Waals surface area contributed by atoms with Crippen molar-refractivity contribution in [2.24, 2.45) is 0 Å². The lowest BCUT2D eigenvalue weighted by atomic mass is 10.2. The van der Waals surface area contributed by atoms with E-state index in [1.807, 2.05) is 6.92 Å². The van der Waals surface area contributed by atoms with Gasteiger partial charge in [-0.05, 0) is 26.0 Å². The Bertz CT molecular complexity index is 721. The average Bonchev–Trinajstić information content (AvgIpc) is 3.05. The fourth-order valence-electron chi connectivity index (χ4n) is 2.50. The third kappa shape index (κ3) is 3.70. The number of ether oxygens (including phenoxy) is 1. The van der Waals surface area contributed by atoms with Crippen LogP contribution in [0.15, 0.2) is 28.8 Å². The number of benzene rings is 1. The van der Waals surface area contributed by atoms with Crippen LogP contribution in [0.25, 0.3) is 11.4 Å². The molecule has 1 fully saturated rings. The fourth-order valence-corrected chi connectivity index (χ4v) is 2.50. The highest BCUT2D eigenvalue weighted by Gasteiger charge is 2.24. The first-order chi connectivity index (χ1) is 11.5. The summed E-state index contributed by atoms with van der Waals surface area (Å²) in [4.78, 5) is 18.2. The number of carbonyl (C=O) groups excluding carboxylic acids is 1. The minimum atomic E-state index is -0.453. The third-order valence-electron chi connectivity index (χ3n) is 3.76. The molecule has 1 aromatic heterocycles. The monoisotopic (exact) mass is 334 g/mol. The van der Waals surface area contributed by atoms with Crippen LogP contribution in [0.5, 0.6) is 0 Å². The van der Waals surface area contributed by atoms with Crippen molar-refractivity contribution in [3.8, 4) is 11.4 Å². The molecule has 128 valence electrons. The molecule has 0 radical (unpaired) electrons. The first-order valence-corrected chi connectivity index (χ1v) is 7.79. The second kappa shape index (κ2) is 6.96. The Balaban J connectivity index is 1.65. The van der Waals surface area contributed by atoms with E-state index < -0.39 is 6.04 Å². The number of rotatable bonds is 3. The number of halogens is 1. The summed E-state index contributed by atoms with van der Waals surface area (Å²) in [5.74, 6) is 0.177. The zero-order valence-corrected chi connectivity index (χ0v) is 13.5. The van der Waals surface area contributed by atoms with Gasteiger partial charge in [0.1, 0.15) is 11.9 Å². The molecule has 1 aromatic carbocycles. The van der Waals surface area contributed by atoms with E-state index in [0.717, 1.165) is 0 Å². The highest BCUT2D eigenvalue weighted by molar-refractivity contribution is 5.74. The van der Waals surface area contributed by atoms with E-state index in [1.54, 1.807) is 24.0 Å². The van der Waals surface area contributed by atoms with E-state index in [2.05, 4.69) is 15.5 Å². The van der Waals surface area contributed by atoms with Gasteiger partial charge >= 0.3 is 6.03 Å². The van der Waals surface area contributed by atoms with Crippen LogP contribution in [-0.2, 0) is 4.74 Å². The van der Waals surface area contributed by atoms with Crippen LogP contribution >= 0.6 is 0 Å². The van der Waals surface area contributed by atoms with Gasteiger partial charge in [-0.1, -0.05) is 17.3 Å². The molecule has 0 spiro atoms. The highest BCUT2D eigenvalue weighted by atomic mass is 19.1. The zero-order chi connectivity index (χ0) is 17.1. The van der Waals surface area contributed by atoms with Crippen molar-refractivity contribution in [2.75, 3.05) is 19.7 Å². The van der Waals surface area contributed by atoms with E-state index >= 15 is 0 Å². The van der Waals surface area contributed by atoms with Gasteiger partial charge < -0.3 is 19.5 Å². The van der Waals surface area contributed by atoms with E-state index in [4.69, 9.17) is 9.26 Å². The molecule has 2 unspecified atom stereocenters. The summed E-state index contributed by atoms with van der Waals surface area (Å²) in [6.45, 7) is 5.28. The number of morpholine rings is 1. The first kappa shape index (κ1) is 16.4. The molecule has 1 aliphatic heterocycles. The number of urea groups is 1. The van der Waals surface area contributed by atoms with E-state index in [9.17, 15) is 9.18 Å². The molecule has 2 atom stereocenters. The fraction of sp³-hybridized carbons (Fsp3) is 0.438. The molecule has 1 saturated heterocycles. The van der Waals surface area contributed by atoms with Crippen molar-refractivity contribution in [1.29, 1.82) is 0 Å². The van der Waals surface area contributed by atoms with Crippen LogP contribution in [0.2, 0.25) is 0 Å². The molecule has 3 rings (SSSR count). The summed E-state index contributed by atoms with van der Waals surface area (Å²) < 4.78 is 23.9. The summed E-state index contributed by atoms with van der Waals surface area (Å²) in [6.07, 6.45) is 0.0165. The molecule has 2 amide bonds. The van der Waals surface area contributed by atoms with Crippen LogP contribution < -0.4 is 5.32 Å². The maximum atomic E-state index is 13.3. The number of nitrogens with zero attached hydrogens (tertiary/aromatic N) is 3. The second-order valence-electron chi connectivity index (χ2n) is 5.77. The Morgan fingerprint density at radius 1 is 1.50 bits per heavy atom. The smallest absolute Gasteiger partial charge is 0.318 e. The SMILES string of the molecule is CC1CN(C(=O)NC(C)c2nc(-c3cccc(F)c3)no2)CCO1. The minimum Gasteiger partial charge on any atom is -0.375 e. The quantitative estimate of drug-likeness (QED) is 0.932. The van der Waals surface area contributed by atoms with Gasteiger partial charge in [0, 0.05) is 18.7 Å². The van der Waals surface area contributed by atoms with Gasteiger partial charge in [0.15, 0.2) is 0 Å². The summed E-state index contributed by atoms with van der Waals surface area (Å²) in [6, 6.07) is 5.28. The van der Waals surface area contributed by atoms with Crippen molar-refractivity contribution in [2.45, 2.75) is 26.0 Å². The lowest BCUT2D eigenvalue weighted by Crippen LogP contribution is -2.49. The maximum Gasteiger partial charge on any atom is 0.318 e. The number of aromatic nitrogens is 2. The zero-order valence-electron chi connectivity index (χ0n) is 13.5. The van der Waals surface area contributed by atoms with Crippen molar-refractivity contribution in [3.05, 3.63) is 36.0 Å². The van der Waals surface area contributed by atoms with E-state index in [1.165, 1.54) is 12.1 Å².